The van der Waals surface area contributed by atoms with Crippen LogP contribution in [0.5, 0.6) is 5.75 Å². The summed E-state index contributed by atoms with van der Waals surface area (Å²) in [6, 6.07) is 18.2. The third-order valence-electron chi connectivity index (χ3n) is 5.23. The van der Waals surface area contributed by atoms with Crippen LogP contribution in [0, 0.1) is 6.92 Å². The Labute approximate surface area is 196 Å². The van der Waals surface area contributed by atoms with Crippen molar-refractivity contribution >= 4 is 33.8 Å². The number of carbonyl (C=O) groups is 2. The summed E-state index contributed by atoms with van der Waals surface area (Å²) in [6.07, 6.45) is -0.744. The number of alkyl carbamates (subject to hydrolysis) is 1. The number of hydrogen-bond acceptors (Lipinski definition) is 6. The number of nitrogens with one attached hydrogen (secondary N) is 1. The Morgan fingerprint density at radius 1 is 0.882 bits per heavy atom. The first kappa shape index (κ1) is 23.0. The molecule has 7 heteroatoms. The second-order valence-corrected chi connectivity index (χ2v) is 8.91. The Balaban J connectivity index is 1.69. The van der Waals surface area contributed by atoms with Crippen LogP contribution in [-0.4, -0.2) is 17.7 Å². The van der Waals surface area contributed by atoms with Gasteiger partial charge in [0.15, 0.2) is 6.04 Å². The number of benzene rings is 3. The number of amides is 1. The van der Waals surface area contributed by atoms with Gasteiger partial charge in [-0.3, -0.25) is 0 Å². The van der Waals surface area contributed by atoms with Gasteiger partial charge in [0.1, 0.15) is 16.9 Å². The highest BCUT2D eigenvalue weighted by atomic mass is 16.6. The predicted molar refractivity (Wildman–Crippen MR) is 129 cm³/mol. The summed E-state index contributed by atoms with van der Waals surface area (Å²) in [5.41, 5.74) is 0.172. The van der Waals surface area contributed by atoms with Gasteiger partial charge in [0.2, 0.25) is 0 Å². The Hall–Kier alpha value is -4.13. The van der Waals surface area contributed by atoms with Crippen molar-refractivity contribution in [3.8, 4) is 5.75 Å². The SMILES string of the molecule is Cc1c(OC(=O)[C@@H](NC(=O)OC(C)(C)C)c2ccccc2)ccc2c1oc(=O)c1ccccc12. The highest BCUT2D eigenvalue weighted by molar-refractivity contribution is 6.05. The summed E-state index contributed by atoms with van der Waals surface area (Å²) in [5.74, 6) is -0.481. The molecule has 0 bridgehead atoms. The zero-order valence-corrected chi connectivity index (χ0v) is 19.4. The van der Waals surface area contributed by atoms with E-state index in [0.717, 1.165) is 10.8 Å². The molecule has 0 fully saturated rings. The molecule has 1 atom stereocenters. The molecule has 0 spiro atoms. The number of fused-ring (bicyclic) bond motifs is 3. The van der Waals surface area contributed by atoms with Crippen LogP contribution in [0.15, 0.2) is 75.9 Å². The van der Waals surface area contributed by atoms with E-state index in [1.807, 2.05) is 12.1 Å². The number of aryl methyl sites for hydroxylation is 1. The van der Waals surface area contributed by atoms with Crippen molar-refractivity contribution in [2.75, 3.05) is 0 Å². The Kier molecular flexibility index (Phi) is 6.11. The smallest absolute Gasteiger partial charge is 0.408 e. The van der Waals surface area contributed by atoms with Gasteiger partial charge in [0, 0.05) is 10.9 Å². The van der Waals surface area contributed by atoms with E-state index in [1.165, 1.54) is 0 Å². The van der Waals surface area contributed by atoms with Crippen LogP contribution >= 0.6 is 0 Å². The van der Waals surface area contributed by atoms with Crippen molar-refractivity contribution in [1.82, 2.24) is 5.32 Å². The van der Waals surface area contributed by atoms with Crippen molar-refractivity contribution in [2.24, 2.45) is 0 Å². The van der Waals surface area contributed by atoms with Gasteiger partial charge in [0.25, 0.3) is 0 Å². The van der Waals surface area contributed by atoms with E-state index in [1.54, 1.807) is 82.3 Å². The van der Waals surface area contributed by atoms with Crippen LogP contribution in [0.2, 0.25) is 0 Å². The first-order valence-corrected chi connectivity index (χ1v) is 10.9. The molecule has 3 aromatic carbocycles. The summed E-state index contributed by atoms with van der Waals surface area (Å²) in [6.45, 7) is 6.91. The highest BCUT2D eigenvalue weighted by Crippen LogP contribution is 2.31. The molecule has 0 saturated carbocycles. The third kappa shape index (κ3) is 4.78. The fraction of sp³-hybridized carbons (Fsp3) is 0.222. The molecular formula is C27H25NO6. The summed E-state index contributed by atoms with van der Waals surface area (Å²) >= 11 is 0. The van der Waals surface area contributed by atoms with E-state index in [0.29, 0.717) is 22.1 Å². The number of carbonyl (C=O) groups excluding carboxylic acids is 2. The molecule has 0 unspecified atom stereocenters. The zero-order valence-electron chi connectivity index (χ0n) is 19.4. The van der Waals surface area contributed by atoms with Crippen molar-refractivity contribution in [3.63, 3.8) is 0 Å². The van der Waals surface area contributed by atoms with Gasteiger partial charge < -0.3 is 19.2 Å². The molecule has 174 valence electrons. The van der Waals surface area contributed by atoms with Crippen LogP contribution in [-0.2, 0) is 9.53 Å². The lowest BCUT2D eigenvalue weighted by molar-refractivity contribution is -0.137. The average Bonchev–Trinajstić information content (AvgIpc) is 2.79. The minimum Gasteiger partial charge on any atom is -0.444 e. The van der Waals surface area contributed by atoms with Crippen LogP contribution < -0.4 is 15.7 Å². The molecule has 1 aromatic heterocycles. The molecule has 4 aromatic rings. The molecule has 1 amide bonds. The molecule has 7 nitrogen and oxygen atoms in total. The van der Waals surface area contributed by atoms with Crippen molar-refractivity contribution < 1.29 is 23.5 Å². The molecule has 34 heavy (non-hydrogen) atoms. The minimum absolute atomic E-state index is 0.225. The molecule has 0 aliphatic carbocycles. The quantitative estimate of drug-likeness (QED) is 0.189. The first-order valence-electron chi connectivity index (χ1n) is 10.9. The van der Waals surface area contributed by atoms with E-state index in [9.17, 15) is 14.4 Å². The minimum atomic E-state index is -1.10. The molecule has 1 heterocycles. The lowest BCUT2D eigenvalue weighted by Crippen LogP contribution is -2.39. The number of esters is 1. The Bertz CT molecular complexity index is 1430. The van der Waals surface area contributed by atoms with Gasteiger partial charge in [-0.05, 0) is 56.8 Å². The third-order valence-corrected chi connectivity index (χ3v) is 5.23. The molecule has 0 aliphatic rings. The van der Waals surface area contributed by atoms with Crippen molar-refractivity contribution in [2.45, 2.75) is 39.3 Å². The molecule has 4 rings (SSSR count). The van der Waals surface area contributed by atoms with Crippen LogP contribution in [0.4, 0.5) is 4.79 Å². The molecule has 0 aliphatic heterocycles. The Morgan fingerprint density at radius 3 is 2.21 bits per heavy atom. The topological polar surface area (TPSA) is 94.8 Å². The van der Waals surface area contributed by atoms with Crippen LogP contribution in [0.1, 0.15) is 37.9 Å². The maximum absolute atomic E-state index is 13.2. The van der Waals surface area contributed by atoms with E-state index in [2.05, 4.69) is 5.32 Å². The average molecular weight is 459 g/mol. The van der Waals surface area contributed by atoms with Gasteiger partial charge in [0.05, 0.1) is 5.39 Å². The molecule has 0 radical (unpaired) electrons. The fourth-order valence-electron chi connectivity index (χ4n) is 3.69. The lowest BCUT2D eigenvalue weighted by Gasteiger charge is -2.23. The number of hydrogen-bond donors (Lipinski definition) is 1. The maximum Gasteiger partial charge on any atom is 0.408 e. The predicted octanol–water partition coefficient (Wildman–Crippen LogP) is 5.43. The van der Waals surface area contributed by atoms with Gasteiger partial charge in [-0.1, -0.05) is 48.5 Å². The molecule has 0 saturated heterocycles. The lowest BCUT2D eigenvalue weighted by atomic mass is 10.0. The zero-order chi connectivity index (χ0) is 24.5. The van der Waals surface area contributed by atoms with Crippen LogP contribution in [0.25, 0.3) is 21.7 Å². The van der Waals surface area contributed by atoms with E-state index in [-0.39, 0.29) is 5.75 Å². The van der Waals surface area contributed by atoms with Gasteiger partial charge in [-0.15, -0.1) is 0 Å². The summed E-state index contributed by atoms with van der Waals surface area (Å²) in [4.78, 5) is 38.1. The second-order valence-electron chi connectivity index (χ2n) is 8.91. The van der Waals surface area contributed by atoms with E-state index in [4.69, 9.17) is 13.9 Å². The number of rotatable bonds is 4. The van der Waals surface area contributed by atoms with E-state index < -0.39 is 29.3 Å². The van der Waals surface area contributed by atoms with Crippen LogP contribution in [0.3, 0.4) is 0 Å². The number of ether oxygens (including phenoxy) is 2. The van der Waals surface area contributed by atoms with Gasteiger partial charge in [-0.25, -0.2) is 14.4 Å². The Morgan fingerprint density at radius 2 is 1.53 bits per heavy atom. The summed E-state index contributed by atoms with van der Waals surface area (Å²) < 4.78 is 16.6. The molecular weight excluding hydrogens is 434 g/mol. The first-order chi connectivity index (χ1) is 16.1. The van der Waals surface area contributed by atoms with E-state index >= 15 is 0 Å². The standard InChI is InChI=1S/C27H25NO6/c1-16-21(15-14-19-18-12-8-9-13-20(18)24(29)33-23(16)19)32-25(30)22(17-10-6-5-7-11-17)28-26(31)34-27(2,3)4/h5-15,22H,1-4H3,(H,28,31)/t22-/m0/s1. The summed E-state index contributed by atoms with van der Waals surface area (Å²) in [7, 11) is 0. The maximum atomic E-state index is 13.2. The summed E-state index contributed by atoms with van der Waals surface area (Å²) in [5, 5.41) is 4.56. The monoisotopic (exact) mass is 459 g/mol. The van der Waals surface area contributed by atoms with Gasteiger partial charge >= 0.3 is 17.7 Å². The van der Waals surface area contributed by atoms with Crippen molar-refractivity contribution in [1.29, 1.82) is 0 Å². The van der Waals surface area contributed by atoms with Gasteiger partial charge in [-0.2, -0.15) is 0 Å². The van der Waals surface area contributed by atoms with Crippen molar-refractivity contribution in [3.05, 3.63) is 88.3 Å². The second kappa shape index (κ2) is 9.02. The highest BCUT2D eigenvalue weighted by Gasteiger charge is 2.28. The normalized spacial score (nSPS) is 12.4. The largest absolute Gasteiger partial charge is 0.444 e. The fourth-order valence-corrected chi connectivity index (χ4v) is 3.69. The molecule has 1 N–H and O–H groups in total.